The van der Waals surface area contributed by atoms with Crippen molar-refractivity contribution in [2.45, 2.75) is 34.1 Å². The van der Waals surface area contributed by atoms with Gasteiger partial charge >= 0.3 is 0 Å². The standard InChI is InChI=1S/C15H25NO/c1-12(2)11-16-8-5-9-17-15-10-13(3)6-7-14(15)4/h6-7,10,12,16H,5,8-9,11H2,1-4H3. The summed E-state index contributed by atoms with van der Waals surface area (Å²) in [5, 5.41) is 3.42. The van der Waals surface area contributed by atoms with Crippen molar-refractivity contribution in [3.8, 4) is 5.75 Å². The van der Waals surface area contributed by atoms with Crippen LogP contribution in [0.3, 0.4) is 0 Å². The third-order valence-electron chi connectivity index (χ3n) is 2.65. The zero-order valence-corrected chi connectivity index (χ0v) is 11.5. The first-order valence-corrected chi connectivity index (χ1v) is 6.50. The molecule has 0 atom stereocenters. The molecule has 0 aliphatic rings. The van der Waals surface area contributed by atoms with Crippen LogP contribution in [0.1, 0.15) is 31.4 Å². The Balaban J connectivity index is 2.20. The molecule has 0 aliphatic heterocycles. The summed E-state index contributed by atoms with van der Waals surface area (Å²) in [7, 11) is 0. The van der Waals surface area contributed by atoms with Gasteiger partial charge in [-0.1, -0.05) is 26.0 Å². The molecule has 0 radical (unpaired) electrons. The van der Waals surface area contributed by atoms with Crippen LogP contribution in [0.5, 0.6) is 5.75 Å². The molecule has 1 N–H and O–H groups in total. The molecule has 17 heavy (non-hydrogen) atoms. The Morgan fingerprint density at radius 2 is 2.00 bits per heavy atom. The van der Waals surface area contributed by atoms with Crippen molar-refractivity contribution in [3.63, 3.8) is 0 Å². The highest BCUT2D eigenvalue weighted by Gasteiger charge is 1.99. The lowest BCUT2D eigenvalue weighted by atomic mass is 10.1. The molecule has 1 aromatic carbocycles. The maximum Gasteiger partial charge on any atom is 0.122 e. The normalized spacial score (nSPS) is 10.9. The molecule has 1 aromatic rings. The number of benzene rings is 1. The van der Waals surface area contributed by atoms with Crippen molar-refractivity contribution in [2.75, 3.05) is 19.7 Å². The Morgan fingerprint density at radius 3 is 2.71 bits per heavy atom. The van der Waals surface area contributed by atoms with Gasteiger partial charge in [0, 0.05) is 0 Å². The summed E-state index contributed by atoms with van der Waals surface area (Å²) in [5.41, 5.74) is 2.47. The van der Waals surface area contributed by atoms with Gasteiger partial charge < -0.3 is 10.1 Å². The Bertz CT molecular complexity index is 334. The van der Waals surface area contributed by atoms with E-state index in [1.165, 1.54) is 11.1 Å². The van der Waals surface area contributed by atoms with E-state index in [2.05, 4.69) is 51.2 Å². The number of ether oxygens (including phenoxy) is 1. The molecule has 0 spiro atoms. The number of hydrogen-bond donors (Lipinski definition) is 1. The van der Waals surface area contributed by atoms with E-state index in [1.807, 2.05) is 0 Å². The van der Waals surface area contributed by atoms with E-state index in [9.17, 15) is 0 Å². The quantitative estimate of drug-likeness (QED) is 0.732. The Labute approximate surface area is 105 Å². The van der Waals surface area contributed by atoms with E-state index < -0.39 is 0 Å². The summed E-state index contributed by atoms with van der Waals surface area (Å²) < 4.78 is 5.78. The molecule has 96 valence electrons. The SMILES string of the molecule is Cc1ccc(C)c(OCCCNCC(C)C)c1. The van der Waals surface area contributed by atoms with E-state index in [1.54, 1.807) is 0 Å². The lowest BCUT2D eigenvalue weighted by molar-refractivity contribution is 0.305. The molecule has 0 saturated carbocycles. The van der Waals surface area contributed by atoms with Crippen molar-refractivity contribution in [1.29, 1.82) is 0 Å². The van der Waals surface area contributed by atoms with Crippen molar-refractivity contribution in [2.24, 2.45) is 5.92 Å². The largest absolute Gasteiger partial charge is 0.493 e. The van der Waals surface area contributed by atoms with Crippen LogP contribution in [0.25, 0.3) is 0 Å². The van der Waals surface area contributed by atoms with Gasteiger partial charge in [-0.05, 0) is 56.5 Å². The minimum absolute atomic E-state index is 0.718. The number of nitrogens with one attached hydrogen (secondary N) is 1. The first-order chi connectivity index (χ1) is 8.09. The molecule has 0 saturated heterocycles. The molecule has 0 fully saturated rings. The molecule has 0 unspecified atom stereocenters. The van der Waals surface area contributed by atoms with Gasteiger partial charge in [0.25, 0.3) is 0 Å². The fourth-order valence-electron chi connectivity index (χ4n) is 1.63. The van der Waals surface area contributed by atoms with Crippen molar-refractivity contribution >= 4 is 0 Å². The monoisotopic (exact) mass is 235 g/mol. The Hall–Kier alpha value is -1.02. The first-order valence-electron chi connectivity index (χ1n) is 6.50. The third kappa shape index (κ3) is 5.73. The molecule has 0 heterocycles. The zero-order valence-electron chi connectivity index (χ0n) is 11.5. The van der Waals surface area contributed by atoms with Crippen LogP contribution in [0.4, 0.5) is 0 Å². The highest BCUT2D eigenvalue weighted by molar-refractivity contribution is 5.35. The zero-order chi connectivity index (χ0) is 12.7. The summed E-state index contributed by atoms with van der Waals surface area (Å²) in [6.45, 7) is 11.5. The maximum absolute atomic E-state index is 5.78. The van der Waals surface area contributed by atoms with Gasteiger partial charge in [-0.2, -0.15) is 0 Å². The van der Waals surface area contributed by atoms with E-state index in [0.717, 1.165) is 37.8 Å². The van der Waals surface area contributed by atoms with E-state index in [0.29, 0.717) is 0 Å². The molecule has 2 nitrogen and oxygen atoms in total. The van der Waals surface area contributed by atoms with Gasteiger partial charge in [0.15, 0.2) is 0 Å². The average Bonchev–Trinajstić information content (AvgIpc) is 2.27. The van der Waals surface area contributed by atoms with Crippen LogP contribution >= 0.6 is 0 Å². The molecular formula is C15H25NO. The highest BCUT2D eigenvalue weighted by atomic mass is 16.5. The molecule has 0 bridgehead atoms. The topological polar surface area (TPSA) is 21.3 Å². The van der Waals surface area contributed by atoms with Crippen LogP contribution in [0, 0.1) is 19.8 Å². The molecular weight excluding hydrogens is 210 g/mol. The lowest BCUT2D eigenvalue weighted by Crippen LogP contribution is -2.22. The van der Waals surface area contributed by atoms with Gasteiger partial charge in [-0.3, -0.25) is 0 Å². The molecule has 0 aliphatic carbocycles. The molecule has 0 amide bonds. The number of hydrogen-bond acceptors (Lipinski definition) is 2. The van der Waals surface area contributed by atoms with Crippen LogP contribution < -0.4 is 10.1 Å². The highest BCUT2D eigenvalue weighted by Crippen LogP contribution is 2.18. The predicted molar refractivity (Wildman–Crippen MR) is 73.7 cm³/mol. The van der Waals surface area contributed by atoms with Gasteiger partial charge in [0.1, 0.15) is 5.75 Å². The third-order valence-corrected chi connectivity index (χ3v) is 2.65. The predicted octanol–water partition coefficient (Wildman–Crippen LogP) is 3.32. The van der Waals surface area contributed by atoms with E-state index >= 15 is 0 Å². The van der Waals surface area contributed by atoms with Crippen LogP contribution in [-0.4, -0.2) is 19.7 Å². The minimum Gasteiger partial charge on any atom is -0.493 e. The van der Waals surface area contributed by atoms with Crippen LogP contribution in [0.15, 0.2) is 18.2 Å². The summed E-state index contributed by atoms with van der Waals surface area (Å²) in [6, 6.07) is 6.34. The average molecular weight is 235 g/mol. The van der Waals surface area contributed by atoms with Gasteiger partial charge in [0.05, 0.1) is 6.61 Å². The van der Waals surface area contributed by atoms with Gasteiger partial charge in [-0.15, -0.1) is 0 Å². The molecule has 2 heteroatoms. The fraction of sp³-hybridized carbons (Fsp3) is 0.600. The Kier molecular flexibility index (Phi) is 6.06. The fourth-order valence-corrected chi connectivity index (χ4v) is 1.63. The van der Waals surface area contributed by atoms with E-state index in [-0.39, 0.29) is 0 Å². The van der Waals surface area contributed by atoms with E-state index in [4.69, 9.17) is 4.74 Å². The summed E-state index contributed by atoms with van der Waals surface area (Å²) in [4.78, 5) is 0. The van der Waals surface area contributed by atoms with Crippen molar-refractivity contribution in [1.82, 2.24) is 5.32 Å². The summed E-state index contributed by atoms with van der Waals surface area (Å²) >= 11 is 0. The minimum atomic E-state index is 0.718. The van der Waals surface area contributed by atoms with Crippen molar-refractivity contribution < 1.29 is 4.74 Å². The van der Waals surface area contributed by atoms with Gasteiger partial charge in [-0.25, -0.2) is 0 Å². The van der Waals surface area contributed by atoms with Crippen molar-refractivity contribution in [3.05, 3.63) is 29.3 Å². The second kappa shape index (κ2) is 7.33. The Morgan fingerprint density at radius 1 is 1.24 bits per heavy atom. The second-order valence-corrected chi connectivity index (χ2v) is 5.07. The molecule has 1 rings (SSSR count). The lowest BCUT2D eigenvalue weighted by Gasteiger charge is -2.11. The summed E-state index contributed by atoms with van der Waals surface area (Å²) in [5.74, 6) is 1.74. The second-order valence-electron chi connectivity index (χ2n) is 5.07. The number of aryl methyl sites for hydroxylation is 2. The van der Waals surface area contributed by atoms with Crippen LogP contribution in [0.2, 0.25) is 0 Å². The maximum atomic E-state index is 5.78. The first kappa shape index (κ1) is 14.0. The number of rotatable bonds is 7. The van der Waals surface area contributed by atoms with Gasteiger partial charge in [0.2, 0.25) is 0 Å². The summed E-state index contributed by atoms with van der Waals surface area (Å²) in [6.07, 6.45) is 1.06. The molecule has 0 aromatic heterocycles. The van der Waals surface area contributed by atoms with Crippen LogP contribution in [-0.2, 0) is 0 Å². The smallest absolute Gasteiger partial charge is 0.122 e.